The van der Waals surface area contributed by atoms with Gasteiger partial charge in [-0.2, -0.15) is 0 Å². The molecule has 0 radical (unpaired) electrons. The summed E-state index contributed by atoms with van der Waals surface area (Å²) in [7, 11) is 1.12. The normalized spacial score (nSPS) is 8.88. The number of aromatic carboxylic acids is 1. The van der Waals surface area contributed by atoms with Gasteiger partial charge in [-0.05, 0) is 12.1 Å². The summed E-state index contributed by atoms with van der Waals surface area (Å²) in [4.78, 5) is 21.4. The molecular weight excluding hydrogens is 215 g/mol. The zero-order valence-electron chi connectivity index (χ0n) is 8.28. The molecule has 0 saturated heterocycles. The average Bonchev–Trinajstić information content (AvgIpc) is 2.26. The number of carbonyl (C=O) groups is 2. The van der Waals surface area contributed by atoms with Crippen molar-refractivity contribution in [3.05, 3.63) is 35.1 Å². The molecule has 1 rings (SSSR count). The lowest BCUT2D eigenvalue weighted by Gasteiger charge is -1.99. The first-order chi connectivity index (χ1) is 7.56. The third-order valence-electron chi connectivity index (χ3n) is 1.72. The van der Waals surface area contributed by atoms with Gasteiger partial charge in [0.05, 0.1) is 18.2 Å². The van der Waals surface area contributed by atoms with Gasteiger partial charge in [0.25, 0.3) is 0 Å². The summed E-state index contributed by atoms with van der Waals surface area (Å²) in [5, 5.41) is 8.76. The van der Waals surface area contributed by atoms with Gasteiger partial charge in [-0.3, -0.25) is 0 Å². The summed E-state index contributed by atoms with van der Waals surface area (Å²) in [5.74, 6) is 1.14. The highest BCUT2D eigenvalue weighted by atomic mass is 19.1. The van der Waals surface area contributed by atoms with Gasteiger partial charge in [0.15, 0.2) is 0 Å². The molecule has 0 spiro atoms. The lowest BCUT2D eigenvalue weighted by molar-refractivity contribution is -0.133. The van der Waals surface area contributed by atoms with E-state index in [1.165, 1.54) is 12.1 Å². The Morgan fingerprint density at radius 2 is 2.12 bits per heavy atom. The molecule has 5 heteroatoms. The van der Waals surface area contributed by atoms with Crippen molar-refractivity contribution in [2.24, 2.45) is 0 Å². The van der Waals surface area contributed by atoms with E-state index in [0.717, 1.165) is 13.2 Å². The number of hydrogen-bond donors (Lipinski definition) is 1. The van der Waals surface area contributed by atoms with E-state index in [1.807, 2.05) is 5.92 Å². The van der Waals surface area contributed by atoms with E-state index in [1.54, 1.807) is 0 Å². The molecule has 0 atom stereocenters. The molecular formula is C11H7FO4. The van der Waals surface area contributed by atoms with Crippen LogP contribution in [0.1, 0.15) is 15.9 Å². The first kappa shape index (κ1) is 11.7. The molecule has 4 nitrogen and oxygen atoms in total. The number of esters is 1. The second-order valence-corrected chi connectivity index (χ2v) is 2.71. The van der Waals surface area contributed by atoms with Crippen LogP contribution in [0.5, 0.6) is 0 Å². The van der Waals surface area contributed by atoms with Crippen LogP contribution in [0.3, 0.4) is 0 Å². The van der Waals surface area contributed by atoms with Crippen LogP contribution in [-0.2, 0) is 9.53 Å². The molecule has 1 N–H and O–H groups in total. The Morgan fingerprint density at radius 1 is 1.44 bits per heavy atom. The van der Waals surface area contributed by atoms with E-state index in [-0.39, 0.29) is 11.1 Å². The number of carboxylic acids is 1. The lowest BCUT2D eigenvalue weighted by atomic mass is 10.1. The first-order valence-electron chi connectivity index (χ1n) is 4.18. The summed E-state index contributed by atoms with van der Waals surface area (Å²) in [6.07, 6.45) is 0. The Morgan fingerprint density at radius 3 is 2.69 bits per heavy atom. The van der Waals surface area contributed by atoms with Gasteiger partial charge in [-0.25, -0.2) is 14.0 Å². The Kier molecular flexibility index (Phi) is 3.62. The predicted octanol–water partition coefficient (Wildman–Crippen LogP) is 1.05. The molecule has 0 aromatic heterocycles. The van der Waals surface area contributed by atoms with Gasteiger partial charge >= 0.3 is 11.9 Å². The van der Waals surface area contributed by atoms with E-state index < -0.39 is 17.8 Å². The van der Waals surface area contributed by atoms with Gasteiger partial charge in [0.2, 0.25) is 0 Å². The fraction of sp³-hybridized carbons (Fsp3) is 0.0909. The summed E-state index contributed by atoms with van der Waals surface area (Å²) >= 11 is 0. The summed E-state index contributed by atoms with van der Waals surface area (Å²) in [6, 6.07) is 3.52. The van der Waals surface area contributed by atoms with Crippen molar-refractivity contribution < 1.29 is 23.8 Å². The molecule has 0 aliphatic carbocycles. The van der Waals surface area contributed by atoms with Crippen molar-refractivity contribution in [1.29, 1.82) is 0 Å². The highest BCUT2D eigenvalue weighted by Gasteiger charge is 2.12. The smallest absolute Gasteiger partial charge is 0.384 e. The minimum absolute atomic E-state index is 0.295. The first-order valence-corrected chi connectivity index (χ1v) is 4.18. The van der Waals surface area contributed by atoms with E-state index >= 15 is 0 Å². The molecule has 0 aliphatic rings. The monoisotopic (exact) mass is 222 g/mol. The third-order valence-corrected chi connectivity index (χ3v) is 1.72. The lowest BCUT2D eigenvalue weighted by Crippen LogP contribution is -2.03. The maximum atomic E-state index is 13.2. The van der Waals surface area contributed by atoms with Crippen LogP contribution in [0.25, 0.3) is 0 Å². The fourth-order valence-corrected chi connectivity index (χ4v) is 0.994. The molecule has 0 amide bonds. The third kappa shape index (κ3) is 2.58. The maximum Gasteiger partial charge on any atom is 0.384 e. The van der Waals surface area contributed by atoms with Crippen LogP contribution in [0.4, 0.5) is 4.39 Å². The molecule has 82 valence electrons. The molecule has 1 aromatic carbocycles. The second kappa shape index (κ2) is 4.94. The van der Waals surface area contributed by atoms with E-state index in [4.69, 9.17) is 5.11 Å². The fourth-order valence-electron chi connectivity index (χ4n) is 0.994. The zero-order valence-corrected chi connectivity index (χ0v) is 8.28. The molecule has 0 heterocycles. The molecule has 0 bridgehead atoms. The van der Waals surface area contributed by atoms with Crippen molar-refractivity contribution in [2.45, 2.75) is 0 Å². The number of carbonyl (C=O) groups excluding carboxylic acids is 1. The number of benzene rings is 1. The van der Waals surface area contributed by atoms with Crippen LogP contribution in [0.15, 0.2) is 18.2 Å². The number of hydrogen-bond acceptors (Lipinski definition) is 3. The molecule has 0 fully saturated rings. The average molecular weight is 222 g/mol. The Hall–Kier alpha value is -2.35. The molecule has 0 aliphatic heterocycles. The van der Waals surface area contributed by atoms with E-state index in [9.17, 15) is 14.0 Å². The number of rotatable bonds is 1. The minimum Gasteiger partial charge on any atom is -0.478 e. The second-order valence-electron chi connectivity index (χ2n) is 2.71. The van der Waals surface area contributed by atoms with Crippen molar-refractivity contribution in [2.75, 3.05) is 7.11 Å². The topological polar surface area (TPSA) is 63.6 Å². The van der Waals surface area contributed by atoms with Gasteiger partial charge in [0.1, 0.15) is 5.82 Å². The number of ether oxygens (including phenoxy) is 1. The maximum absolute atomic E-state index is 13.2. The Labute approximate surface area is 90.7 Å². The zero-order chi connectivity index (χ0) is 12.1. The molecule has 0 saturated carbocycles. The largest absolute Gasteiger partial charge is 0.478 e. The van der Waals surface area contributed by atoms with Gasteiger partial charge < -0.3 is 9.84 Å². The molecule has 16 heavy (non-hydrogen) atoms. The van der Waals surface area contributed by atoms with Crippen LogP contribution < -0.4 is 0 Å². The van der Waals surface area contributed by atoms with Crippen molar-refractivity contribution >= 4 is 11.9 Å². The van der Waals surface area contributed by atoms with Crippen molar-refractivity contribution in [3.8, 4) is 11.8 Å². The number of carboxylic acid groups (broad SMARTS) is 1. The van der Waals surface area contributed by atoms with Crippen LogP contribution >= 0.6 is 0 Å². The summed E-state index contributed by atoms with van der Waals surface area (Å²) in [5.41, 5.74) is -0.628. The van der Waals surface area contributed by atoms with Crippen LogP contribution in [0.2, 0.25) is 0 Å². The van der Waals surface area contributed by atoms with Crippen molar-refractivity contribution in [1.82, 2.24) is 0 Å². The predicted molar refractivity (Wildman–Crippen MR) is 52.3 cm³/mol. The standard InChI is InChI=1S/C11H7FO4/c1-16-10(13)6-5-7-8(11(14)15)3-2-4-9(7)12/h2-4H,1H3,(H,14,15). The summed E-state index contributed by atoms with van der Waals surface area (Å²) in [6.45, 7) is 0. The van der Waals surface area contributed by atoms with Gasteiger partial charge in [0, 0.05) is 5.92 Å². The quantitative estimate of drug-likeness (QED) is 0.569. The highest BCUT2D eigenvalue weighted by molar-refractivity contribution is 5.93. The Bertz CT molecular complexity index is 496. The number of halogens is 1. The van der Waals surface area contributed by atoms with E-state index in [0.29, 0.717) is 0 Å². The summed E-state index contributed by atoms with van der Waals surface area (Å²) < 4.78 is 17.5. The van der Waals surface area contributed by atoms with Gasteiger partial charge in [-0.1, -0.05) is 12.0 Å². The van der Waals surface area contributed by atoms with Crippen molar-refractivity contribution in [3.63, 3.8) is 0 Å². The van der Waals surface area contributed by atoms with Crippen LogP contribution in [-0.4, -0.2) is 24.2 Å². The SMILES string of the molecule is COC(=O)C#Cc1c(F)cccc1C(=O)O. The van der Waals surface area contributed by atoms with E-state index in [2.05, 4.69) is 10.7 Å². The van der Waals surface area contributed by atoms with Gasteiger partial charge in [-0.15, -0.1) is 0 Å². The minimum atomic E-state index is -1.31. The van der Waals surface area contributed by atoms with Crippen LogP contribution in [0, 0.1) is 17.7 Å². The molecule has 1 aromatic rings. The Balaban J connectivity index is 3.24. The number of methoxy groups -OCH3 is 1. The molecule has 0 unspecified atom stereocenters. The highest BCUT2D eigenvalue weighted by Crippen LogP contribution is 2.12.